The molecule has 0 fully saturated rings. The van der Waals surface area contributed by atoms with E-state index < -0.39 is 5.97 Å². The zero-order chi connectivity index (χ0) is 14.2. The van der Waals surface area contributed by atoms with Gasteiger partial charge in [0.1, 0.15) is 0 Å². The largest absolute Gasteiger partial charge is 0.478 e. The van der Waals surface area contributed by atoms with Crippen LogP contribution >= 0.6 is 0 Å². The van der Waals surface area contributed by atoms with Crippen LogP contribution in [0.3, 0.4) is 0 Å². The highest BCUT2D eigenvalue weighted by Gasteiger charge is 2.15. The summed E-state index contributed by atoms with van der Waals surface area (Å²) in [5.41, 5.74) is 3.37. The standard InChI is InChI=1S/C16H19NO2/c1-16(2,3)12-6-7-14-13(9-12)11(10-17(14)4)5-8-15(18)19/h5-10H,1-4H3,(H,18,19)/b8-5+. The summed E-state index contributed by atoms with van der Waals surface area (Å²) in [5, 5.41) is 9.83. The number of nitrogens with zero attached hydrogens (tertiary/aromatic N) is 1. The molecule has 2 rings (SSSR count). The van der Waals surface area contributed by atoms with E-state index in [-0.39, 0.29) is 5.41 Å². The first-order valence-corrected chi connectivity index (χ1v) is 6.29. The van der Waals surface area contributed by atoms with E-state index >= 15 is 0 Å². The monoisotopic (exact) mass is 257 g/mol. The van der Waals surface area contributed by atoms with Gasteiger partial charge in [0.15, 0.2) is 0 Å². The molecule has 0 saturated heterocycles. The number of carboxylic acid groups (broad SMARTS) is 1. The van der Waals surface area contributed by atoms with Crippen LogP contribution in [0, 0.1) is 0 Å². The summed E-state index contributed by atoms with van der Waals surface area (Å²) < 4.78 is 2.02. The highest BCUT2D eigenvalue weighted by Crippen LogP contribution is 2.29. The minimum atomic E-state index is -0.927. The van der Waals surface area contributed by atoms with Crippen LogP contribution in [0.4, 0.5) is 0 Å². The number of rotatable bonds is 2. The van der Waals surface area contributed by atoms with Gasteiger partial charge in [0.25, 0.3) is 0 Å². The minimum Gasteiger partial charge on any atom is -0.478 e. The number of benzene rings is 1. The molecule has 1 aromatic heterocycles. The average molecular weight is 257 g/mol. The Morgan fingerprint density at radius 2 is 2.00 bits per heavy atom. The van der Waals surface area contributed by atoms with Crippen LogP contribution in [0.15, 0.2) is 30.5 Å². The van der Waals surface area contributed by atoms with Crippen molar-refractivity contribution in [2.75, 3.05) is 0 Å². The molecule has 0 aliphatic rings. The number of fused-ring (bicyclic) bond motifs is 1. The van der Waals surface area contributed by atoms with Gasteiger partial charge < -0.3 is 9.67 Å². The summed E-state index contributed by atoms with van der Waals surface area (Å²) in [6.07, 6.45) is 4.78. The van der Waals surface area contributed by atoms with Gasteiger partial charge in [-0.05, 0) is 29.2 Å². The Bertz CT molecular complexity index is 657. The van der Waals surface area contributed by atoms with E-state index in [1.54, 1.807) is 6.08 Å². The first kappa shape index (κ1) is 13.4. The van der Waals surface area contributed by atoms with Gasteiger partial charge in [0.2, 0.25) is 0 Å². The summed E-state index contributed by atoms with van der Waals surface area (Å²) in [4.78, 5) is 10.6. The molecule has 3 heteroatoms. The molecule has 3 nitrogen and oxygen atoms in total. The number of carbonyl (C=O) groups is 1. The lowest BCUT2D eigenvalue weighted by molar-refractivity contribution is -0.131. The van der Waals surface area contributed by atoms with Crippen molar-refractivity contribution in [1.82, 2.24) is 4.57 Å². The highest BCUT2D eigenvalue weighted by molar-refractivity contribution is 5.94. The van der Waals surface area contributed by atoms with Gasteiger partial charge in [-0.1, -0.05) is 26.8 Å². The lowest BCUT2D eigenvalue weighted by Crippen LogP contribution is -2.10. The molecule has 1 heterocycles. The molecule has 1 N–H and O–H groups in total. The van der Waals surface area contributed by atoms with Gasteiger partial charge in [-0.3, -0.25) is 0 Å². The third kappa shape index (κ3) is 2.70. The second kappa shape index (κ2) is 4.57. The first-order valence-electron chi connectivity index (χ1n) is 6.29. The lowest BCUT2D eigenvalue weighted by atomic mass is 9.86. The maximum atomic E-state index is 10.6. The van der Waals surface area contributed by atoms with E-state index in [0.717, 1.165) is 16.5 Å². The van der Waals surface area contributed by atoms with Gasteiger partial charge in [-0.25, -0.2) is 4.79 Å². The predicted octanol–water partition coefficient (Wildman–Crippen LogP) is 3.57. The molecule has 0 bridgehead atoms. The molecule has 0 spiro atoms. The molecule has 19 heavy (non-hydrogen) atoms. The van der Waals surface area contributed by atoms with E-state index in [9.17, 15) is 4.79 Å². The van der Waals surface area contributed by atoms with E-state index in [0.29, 0.717) is 0 Å². The van der Waals surface area contributed by atoms with Gasteiger partial charge in [-0.2, -0.15) is 0 Å². The number of carboxylic acids is 1. The normalized spacial score (nSPS) is 12.4. The maximum absolute atomic E-state index is 10.6. The Kier molecular flexibility index (Phi) is 3.23. The van der Waals surface area contributed by atoms with Crippen LogP contribution in [0.25, 0.3) is 17.0 Å². The molecule has 0 atom stereocenters. The number of aliphatic carboxylic acids is 1. The second-order valence-electron chi connectivity index (χ2n) is 5.85. The molecule has 0 saturated carbocycles. The van der Waals surface area contributed by atoms with Crippen molar-refractivity contribution in [3.8, 4) is 0 Å². The fourth-order valence-corrected chi connectivity index (χ4v) is 2.18. The van der Waals surface area contributed by atoms with Crippen molar-refractivity contribution in [3.05, 3.63) is 41.6 Å². The molecule has 0 amide bonds. The smallest absolute Gasteiger partial charge is 0.328 e. The minimum absolute atomic E-state index is 0.0812. The van der Waals surface area contributed by atoms with Crippen LogP contribution in [0.1, 0.15) is 31.9 Å². The van der Waals surface area contributed by atoms with Crippen LogP contribution in [0.2, 0.25) is 0 Å². The van der Waals surface area contributed by atoms with Crippen molar-refractivity contribution in [3.63, 3.8) is 0 Å². The van der Waals surface area contributed by atoms with Crippen LogP contribution in [-0.4, -0.2) is 15.6 Å². The fourth-order valence-electron chi connectivity index (χ4n) is 2.18. The SMILES string of the molecule is Cn1cc(/C=C/C(=O)O)c2cc(C(C)(C)C)ccc21. The van der Waals surface area contributed by atoms with E-state index in [1.165, 1.54) is 11.6 Å². The molecule has 2 aromatic rings. The van der Waals surface area contributed by atoms with Crippen molar-refractivity contribution in [2.24, 2.45) is 7.05 Å². The molecule has 0 aliphatic carbocycles. The molecular formula is C16H19NO2. The number of aryl methyl sites for hydroxylation is 1. The van der Waals surface area contributed by atoms with Crippen molar-refractivity contribution < 1.29 is 9.90 Å². The Labute approximate surface area is 113 Å². The summed E-state index contributed by atoms with van der Waals surface area (Å²) in [7, 11) is 1.97. The topological polar surface area (TPSA) is 42.2 Å². The molecule has 0 unspecified atom stereocenters. The van der Waals surface area contributed by atoms with Crippen molar-refractivity contribution >= 4 is 22.9 Å². The summed E-state index contributed by atoms with van der Waals surface area (Å²) in [6, 6.07) is 6.37. The summed E-state index contributed by atoms with van der Waals surface area (Å²) in [5.74, 6) is -0.927. The summed E-state index contributed by atoms with van der Waals surface area (Å²) >= 11 is 0. The van der Waals surface area contributed by atoms with Crippen molar-refractivity contribution in [1.29, 1.82) is 0 Å². The van der Waals surface area contributed by atoms with E-state index in [4.69, 9.17) is 5.11 Å². The van der Waals surface area contributed by atoms with Gasteiger partial charge in [0.05, 0.1) is 0 Å². The van der Waals surface area contributed by atoms with Crippen LogP contribution in [0.5, 0.6) is 0 Å². The summed E-state index contributed by atoms with van der Waals surface area (Å²) in [6.45, 7) is 6.51. The first-order chi connectivity index (χ1) is 8.79. The third-order valence-electron chi connectivity index (χ3n) is 3.29. The Morgan fingerprint density at radius 1 is 1.32 bits per heavy atom. The fraction of sp³-hybridized carbons (Fsp3) is 0.312. The zero-order valence-corrected chi connectivity index (χ0v) is 11.8. The van der Waals surface area contributed by atoms with Crippen LogP contribution < -0.4 is 0 Å². The molecule has 1 aromatic carbocycles. The van der Waals surface area contributed by atoms with Crippen LogP contribution in [-0.2, 0) is 17.3 Å². The molecular weight excluding hydrogens is 238 g/mol. The van der Waals surface area contributed by atoms with Gasteiger partial charge in [0, 0.05) is 35.8 Å². The number of hydrogen-bond donors (Lipinski definition) is 1. The molecule has 0 aliphatic heterocycles. The number of hydrogen-bond acceptors (Lipinski definition) is 1. The lowest BCUT2D eigenvalue weighted by Gasteiger charge is -2.19. The van der Waals surface area contributed by atoms with E-state index in [2.05, 4.69) is 39.0 Å². The Morgan fingerprint density at radius 3 is 2.58 bits per heavy atom. The highest BCUT2D eigenvalue weighted by atomic mass is 16.4. The van der Waals surface area contributed by atoms with Gasteiger partial charge >= 0.3 is 5.97 Å². The molecule has 0 radical (unpaired) electrons. The third-order valence-corrected chi connectivity index (χ3v) is 3.29. The van der Waals surface area contributed by atoms with Crippen molar-refractivity contribution in [2.45, 2.75) is 26.2 Å². The quantitative estimate of drug-likeness (QED) is 0.836. The second-order valence-corrected chi connectivity index (χ2v) is 5.85. The molecule has 100 valence electrons. The zero-order valence-electron chi connectivity index (χ0n) is 11.8. The van der Waals surface area contributed by atoms with Gasteiger partial charge in [-0.15, -0.1) is 0 Å². The van der Waals surface area contributed by atoms with E-state index in [1.807, 2.05) is 17.8 Å². The Hall–Kier alpha value is -2.03. The Balaban J connectivity index is 2.62. The predicted molar refractivity (Wildman–Crippen MR) is 78.3 cm³/mol. The average Bonchev–Trinajstić information content (AvgIpc) is 2.62. The maximum Gasteiger partial charge on any atom is 0.328 e. The number of aromatic nitrogens is 1.